The number of benzene rings is 1. The maximum absolute atomic E-state index is 8.95. The highest BCUT2D eigenvalue weighted by Crippen LogP contribution is 2.19. The molecule has 0 bridgehead atoms. The zero-order chi connectivity index (χ0) is 9.84. The van der Waals surface area contributed by atoms with Gasteiger partial charge in [-0.25, -0.2) is 0 Å². The average Bonchev–Trinajstić information content (AvgIpc) is 2.03. The first-order valence-corrected chi connectivity index (χ1v) is 4.95. The predicted molar refractivity (Wildman–Crippen MR) is 57.5 cm³/mol. The summed E-state index contributed by atoms with van der Waals surface area (Å²) in [4.78, 5) is 2.11. The lowest BCUT2D eigenvalue weighted by atomic mass is 10.1. The molecule has 2 nitrogen and oxygen atoms in total. The molecule has 0 saturated carbocycles. The molecule has 0 radical (unpaired) electrons. The summed E-state index contributed by atoms with van der Waals surface area (Å²) in [6.07, 6.45) is 0. The van der Waals surface area contributed by atoms with E-state index in [0.29, 0.717) is 0 Å². The van der Waals surface area contributed by atoms with Gasteiger partial charge in [-0.1, -0.05) is 28.1 Å². The van der Waals surface area contributed by atoms with E-state index >= 15 is 0 Å². The van der Waals surface area contributed by atoms with Crippen molar-refractivity contribution in [3.8, 4) is 0 Å². The van der Waals surface area contributed by atoms with Gasteiger partial charge in [0.05, 0.1) is 6.61 Å². The first kappa shape index (κ1) is 10.7. The highest BCUT2D eigenvalue weighted by Gasteiger charge is 2.00. The van der Waals surface area contributed by atoms with Gasteiger partial charge in [-0.3, -0.25) is 0 Å². The summed E-state index contributed by atoms with van der Waals surface area (Å²) in [5, 5.41) is 8.95. The third-order valence-corrected chi connectivity index (χ3v) is 2.52. The van der Waals surface area contributed by atoms with Crippen LogP contribution >= 0.6 is 15.9 Å². The van der Waals surface area contributed by atoms with E-state index < -0.39 is 0 Å². The minimum absolute atomic E-state index is 0.0861. The van der Waals surface area contributed by atoms with Crippen LogP contribution in [0.5, 0.6) is 0 Å². The molecule has 1 rings (SSSR count). The Morgan fingerprint density at radius 3 is 2.54 bits per heavy atom. The van der Waals surface area contributed by atoms with Gasteiger partial charge in [-0.2, -0.15) is 0 Å². The highest BCUT2D eigenvalue weighted by atomic mass is 79.9. The Bertz CT molecular complexity index is 286. The average molecular weight is 244 g/mol. The Morgan fingerprint density at radius 1 is 1.38 bits per heavy atom. The standard InChI is InChI=1S/C10H14BrNO/c1-12(2)6-8-3-4-9(7-13)10(11)5-8/h3-5,13H,6-7H2,1-2H3. The van der Waals surface area contributed by atoms with E-state index in [1.807, 2.05) is 32.3 Å². The molecule has 0 fully saturated rings. The molecule has 0 aromatic heterocycles. The molecule has 1 N–H and O–H groups in total. The summed E-state index contributed by atoms with van der Waals surface area (Å²) < 4.78 is 0.981. The predicted octanol–water partition coefficient (Wildman–Crippen LogP) is 2.00. The molecular formula is C10H14BrNO. The van der Waals surface area contributed by atoms with Crippen LogP contribution in [0.4, 0.5) is 0 Å². The summed E-state index contributed by atoms with van der Waals surface area (Å²) >= 11 is 3.42. The van der Waals surface area contributed by atoms with Gasteiger partial charge in [0.2, 0.25) is 0 Å². The number of rotatable bonds is 3. The van der Waals surface area contributed by atoms with Crippen LogP contribution in [-0.4, -0.2) is 24.1 Å². The first-order valence-electron chi connectivity index (χ1n) is 4.16. The minimum Gasteiger partial charge on any atom is -0.392 e. The van der Waals surface area contributed by atoms with Crippen LogP contribution in [0, 0.1) is 0 Å². The smallest absolute Gasteiger partial charge is 0.0692 e. The third kappa shape index (κ3) is 3.10. The first-order chi connectivity index (χ1) is 6.13. The van der Waals surface area contributed by atoms with Gasteiger partial charge in [0.25, 0.3) is 0 Å². The van der Waals surface area contributed by atoms with Crippen LogP contribution in [0.2, 0.25) is 0 Å². The van der Waals surface area contributed by atoms with Gasteiger partial charge in [0.15, 0.2) is 0 Å². The van der Waals surface area contributed by atoms with Crippen LogP contribution in [0.25, 0.3) is 0 Å². The molecule has 3 heteroatoms. The van der Waals surface area contributed by atoms with Crippen molar-refractivity contribution >= 4 is 15.9 Å². The van der Waals surface area contributed by atoms with Crippen molar-refractivity contribution in [2.24, 2.45) is 0 Å². The number of aliphatic hydroxyl groups excluding tert-OH is 1. The number of hydrogen-bond acceptors (Lipinski definition) is 2. The molecule has 1 aromatic carbocycles. The molecule has 0 amide bonds. The number of aliphatic hydroxyl groups is 1. The number of hydrogen-bond donors (Lipinski definition) is 1. The summed E-state index contributed by atoms with van der Waals surface area (Å²) in [5.74, 6) is 0. The second-order valence-electron chi connectivity index (χ2n) is 3.32. The van der Waals surface area contributed by atoms with Gasteiger partial charge in [0, 0.05) is 11.0 Å². The zero-order valence-electron chi connectivity index (χ0n) is 7.92. The van der Waals surface area contributed by atoms with Gasteiger partial charge in [-0.05, 0) is 31.3 Å². The largest absolute Gasteiger partial charge is 0.392 e. The molecule has 1 aromatic rings. The molecule has 0 aliphatic heterocycles. The van der Waals surface area contributed by atoms with Crippen molar-refractivity contribution in [3.63, 3.8) is 0 Å². The fourth-order valence-electron chi connectivity index (χ4n) is 1.18. The molecule has 72 valence electrons. The molecule has 0 heterocycles. The van der Waals surface area contributed by atoms with Crippen LogP contribution in [0.15, 0.2) is 22.7 Å². The Hall–Kier alpha value is -0.380. The third-order valence-electron chi connectivity index (χ3n) is 1.79. The van der Waals surface area contributed by atoms with Crippen molar-refractivity contribution in [3.05, 3.63) is 33.8 Å². The second-order valence-corrected chi connectivity index (χ2v) is 4.18. The van der Waals surface area contributed by atoms with E-state index in [4.69, 9.17) is 5.11 Å². The van der Waals surface area contributed by atoms with Crippen molar-refractivity contribution in [1.29, 1.82) is 0 Å². The van der Waals surface area contributed by atoms with Crippen molar-refractivity contribution in [2.75, 3.05) is 14.1 Å². The zero-order valence-corrected chi connectivity index (χ0v) is 9.50. The van der Waals surface area contributed by atoms with Crippen molar-refractivity contribution < 1.29 is 5.11 Å². The van der Waals surface area contributed by atoms with Crippen LogP contribution in [0.1, 0.15) is 11.1 Å². The fraction of sp³-hybridized carbons (Fsp3) is 0.400. The van der Waals surface area contributed by atoms with Crippen LogP contribution in [-0.2, 0) is 13.2 Å². The van der Waals surface area contributed by atoms with Crippen molar-refractivity contribution in [1.82, 2.24) is 4.90 Å². The SMILES string of the molecule is CN(C)Cc1ccc(CO)c(Br)c1. The quantitative estimate of drug-likeness (QED) is 0.879. The molecule has 0 aliphatic rings. The number of halogens is 1. The fourth-order valence-corrected chi connectivity index (χ4v) is 1.73. The molecule has 13 heavy (non-hydrogen) atoms. The second kappa shape index (κ2) is 4.74. The molecule has 0 unspecified atom stereocenters. The lowest BCUT2D eigenvalue weighted by Crippen LogP contribution is -2.10. The maximum Gasteiger partial charge on any atom is 0.0692 e. The van der Waals surface area contributed by atoms with Crippen LogP contribution in [0.3, 0.4) is 0 Å². The molecule has 0 aliphatic carbocycles. The van der Waals surface area contributed by atoms with E-state index in [0.717, 1.165) is 16.6 Å². The van der Waals surface area contributed by atoms with E-state index in [-0.39, 0.29) is 6.61 Å². The Kier molecular flexibility index (Phi) is 3.90. The molecule has 0 spiro atoms. The summed E-state index contributed by atoms with van der Waals surface area (Å²) in [5.41, 5.74) is 2.18. The van der Waals surface area contributed by atoms with Gasteiger partial charge in [0.1, 0.15) is 0 Å². The van der Waals surface area contributed by atoms with E-state index in [1.165, 1.54) is 5.56 Å². The van der Waals surface area contributed by atoms with Gasteiger partial charge in [-0.15, -0.1) is 0 Å². The van der Waals surface area contributed by atoms with Gasteiger partial charge >= 0.3 is 0 Å². The van der Waals surface area contributed by atoms with Crippen molar-refractivity contribution in [2.45, 2.75) is 13.2 Å². The maximum atomic E-state index is 8.95. The minimum atomic E-state index is 0.0861. The summed E-state index contributed by atoms with van der Waals surface area (Å²) in [6.45, 7) is 1.01. The van der Waals surface area contributed by atoms with Gasteiger partial charge < -0.3 is 10.0 Å². The lowest BCUT2D eigenvalue weighted by Gasteiger charge is -2.10. The van der Waals surface area contributed by atoms with E-state index in [2.05, 4.69) is 20.8 Å². The Labute approximate surface area is 87.3 Å². The topological polar surface area (TPSA) is 23.5 Å². The molecular weight excluding hydrogens is 230 g/mol. The lowest BCUT2D eigenvalue weighted by molar-refractivity contribution is 0.281. The van der Waals surface area contributed by atoms with E-state index in [1.54, 1.807) is 0 Å². The monoisotopic (exact) mass is 243 g/mol. The summed E-state index contributed by atoms with van der Waals surface area (Å²) in [7, 11) is 4.07. The summed E-state index contributed by atoms with van der Waals surface area (Å²) in [6, 6.07) is 6.03. The Balaban J connectivity index is 2.83. The normalized spacial score (nSPS) is 10.8. The Morgan fingerprint density at radius 2 is 2.08 bits per heavy atom. The van der Waals surface area contributed by atoms with E-state index in [9.17, 15) is 0 Å². The highest BCUT2D eigenvalue weighted by molar-refractivity contribution is 9.10. The molecule has 0 saturated heterocycles. The number of nitrogens with zero attached hydrogens (tertiary/aromatic N) is 1. The molecule has 0 atom stereocenters. The van der Waals surface area contributed by atoms with Crippen LogP contribution < -0.4 is 0 Å².